The van der Waals surface area contributed by atoms with Crippen LogP contribution in [-0.2, 0) is 11.2 Å². The molecule has 0 saturated carbocycles. The van der Waals surface area contributed by atoms with Crippen LogP contribution in [0.25, 0.3) is 0 Å². The van der Waals surface area contributed by atoms with Crippen molar-refractivity contribution in [2.75, 3.05) is 13.1 Å². The minimum absolute atomic E-state index is 0.0672. The summed E-state index contributed by atoms with van der Waals surface area (Å²) in [6.45, 7) is 1.31. The van der Waals surface area contributed by atoms with Crippen LogP contribution in [0.1, 0.15) is 28.8 Å². The molecule has 4 rings (SSSR count). The molecule has 1 saturated heterocycles. The third kappa shape index (κ3) is 2.97. The van der Waals surface area contributed by atoms with E-state index in [0.717, 1.165) is 5.56 Å². The molecule has 122 valence electrons. The molecule has 1 aliphatic rings. The standard InChI is InChI=1S/C18H17N3O2S/c22-17(8-13-6-7-24-11-13)21-9-15(14-4-2-1-3-5-14)16(10-21)18-19-12-23-20-18/h1-7,11-12,15-16H,8-10H2/t15-,16-/m0/s1. The van der Waals surface area contributed by atoms with Crippen LogP contribution >= 0.6 is 11.3 Å². The first-order chi connectivity index (χ1) is 11.8. The summed E-state index contributed by atoms with van der Waals surface area (Å²) in [5, 5.41) is 8.05. The molecule has 6 heteroatoms. The fourth-order valence-electron chi connectivity index (χ4n) is 3.33. The van der Waals surface area contributed by atoms with Crippen LogP contribution in [0.15, 0.2) is 58.1 Å². The van der Waals surface area contributed by atoms with Gasteiger partial charge in [-0.1, -0.05) is 35.5 Å². The van der Waals surface area contributed by atoms with Gasteiger partial charge < -0.3 is 9.42 Å². The topological polar surface area (TPSA) is 59.2 Å². The van der Waals surface area contributed by atoms with Crippen LogP contribution in [0, 0.1) is 0 Å². The number of benzene rings is 1. The Morgan fingerprint density at radius 1 is 1.21 bits per heavy atom. The molecule has 1 aliphatic heterocycles. The van der Waals surface area contributed by atoms with Crippen LogP contribution < -0.4 is 0 Å². The minimum Gasteiger partial charge on any atom is -0.343 e. The largest absolute Gasteiger partial charge is 0.343 e. The molecule has 1 aromatic carbocycles. The van der Waals surface area contributed by atoms with Crippen LogP contribution in [0.4, 0.5) is 0 Å². The van der Waals surface area contributed by atoms with E-state index in [1.165, 1.54) is 12.0 Å². The molecule has 3 heterocycles. The summed E-state index contributed by atoms with van der Waals surface area (Å²) in [4.78, 5) is 18.8. The van der Waals surface area contributed by atoms with Gasteiger partial charge in [0.2, 0.25) is 12.3 Å². The Kier molecular flexibility index (Phi) is 4.13. The lowest BCUT2D eigenvalue weighted by molar-refractivity contribution is -0.129. The van der Waals surface area contributed by atoms with E-state index in [2.05, 4.69) is 22.3 Å². The second-order valence-corrected chi connectivity index (χ2v) is 6.80. The van der Waals surface area contributed by atoms with E-state index in [9.17, 15) is 4.79 Å². The number of carbonyl (C=O) groups excluding carboxylic acids is 1. The molecule has 0 radical (unpaired) electrons. The van der Waals surface area contributed by atoms with E-state index in [1.807, 2.05) is 39.9 Å². The lowest BCUT2D eigenvalue weighted by atomic mass is 9.88. The van der Waals surface area contributed by atoms with Gasteiger partial charge in [0.1, 0.15) is 0 Å². The number of carbonyl (C=O) groups is 1. The maximum Gasteiger partial charge on any atom is 0.227 e. The predicted molar refractivity (Wildman–Crippen MR) is 90.8 cm³/mol. The minimum atomic E-state index is 0.0672. The number of amides is 1. The Hall–Kier alpha value is -2.47. The molecule has 5 nitrogen and oxygen atoms in total. The fraction of sp³-hybridized carbons (Fsp3) is 0.278. The lowest BCUT2D eigenvalue weighted by Crippen LogP contribution is -2.30. The van der Waals surface area contributed by atoms with E-state index < -0.39 is 0 Å². The molecule has 0 spiro atoms. The molecule has 0 N–H and O–H groups in total. The van der Waals surface area contributed by atoms with Gasteiger partial charge in [-0.3, -0.25) is 4.79 Å². The number of thiophene rings is 1. The number of aromatic nitrogens is 2. The molecular formula is C18H17N3O2S. The Labute approximate surface area is 143 Å². The van der Waals surface area contributed by atoms with Gasteiger partial charge in [0.25, 0.3) is 0 Å². The summed E-state index contributed by atoms with van der Waals surface area (Å²) in [5.41, 5.74) is 2.28. The summed E-state index contributed by atoms with van der Waals surface area (Å²) in [6.07, 6.45) is 1.80. The zero-order valence-corrected chi connectivity index (χ0v) is 13.9. The van der Waals surface area contributed by atoms with Crippen molar-refractivity contribution in [3.8, 4) is 0 Å². The van der Waals surface area contributed by atoms with Crippen molar-refractivity contribution in [1.29, 1.82) is 0 Å². The first-order valence-electron chi connectivity index (χ1n) is 7.91. The normalized spacial score (nSPS) is 20.4. The maximum atomic E-state index is 12.7. The number of hydrogen-bond acceptors (Lipinski definition) is 5. The van der Waals surface area contributed by atoms with Crippen LogP contribution in [0.3, 0.4) is 0 Å². The molecule has 0 aliphatic carbocycles. The molecule has 24 heavy (non-hydrogen) atoms. The van der Waals surface area contributed by atoms with Crippen LogP contribution in [0.2, 0.25) is 0 Å². The average molecular weight is 339 g/mol. The van der Waals surface area contributed by atoms with E-state index in [4.69, 9.17) is 4.52 Å². The SMILES string of the molecule is O=C(Cc1ccsc1)N1C[C@H](c2ncon2)[C@H](c2ccccc2)C1. The lowest BCUT2D eigenvalue weighted by Gasteiger charge is -2.16. The van der Waals surface area contributed by atoms with Gasteiger partial charge in [-0.2, -0.15) is 16.3 Å². The van der Waals surface area contributed by atoms with Crippen molar-refractivity contribution in [1.82, 2.24) is 15.0 Å². The van der Waals surface area contributed by atoms with Crippen LogP contribution in [0.5, 0.6) is 0 Å². The summed E-state index contributed by atoms with van der Waals surface area (Å²) >= 11 is 1.62. The smallest absolute Gasteiger partial charge is 0.227 e. The van der Waals surface area contributed by atoms with Crippen molar-refractivity contribution < 1.29 is 9.32 Å². The van der Waals surface area contributed by atoms with Crippen molar-refractivity contribution in [3.05, 3.63) is 70.5 Å². The number of likely N-dealkylation sites (tertiary alicyclic amines) is 1. The maximum absolute atomic E-state index is 12.7. The van der Waals surface area contributed by atoms with Gasteiger partial charge in [0, 0.05) is 24.9 Å². The summed E-state index contributed by atoms with van der Waals surface area (Å²) < 4.78 is 4.93. The van der Waals surface area contributed by atoms with Crippen molar-refractivity contribution in [3.63, 3.8) is 0 Å². The van der Waals surface area contributed by atoms with Crippen molar-refractivity contribution in [2.45, 2.75) is 18.3 Å². The first-order valence-corrected chi connectivity index (χ1v) is 8.85. The van der Waals surface area contributed by atoms with Gasteiger partial charge in [-0.05, 0) is 28.0 Å². The summed E-state index contributed by atoms with van der Waals surface area (Å²) in [7, 11) is 0. The van der Waals surface area contributed by atoms with Gasteiger partial charge in [-0.15, -0.1) is 0 Å². The third-order valence-electron chi connectivity index (χ3n) is 4.55. The average Bonchev–Trinajstić information content (AvgIpc) is 3.36. The summed E-state index contributed by atoms with van der Waals surface area (Å²) in [5.74, 6) is 1.09. The number of rotatable bonds is 4. The van der Waals surface area contributed by atoms with E-state index in [0.29, 0.717) is 25.3 Å². The Morgan fingerprint density at radius 3 is 2.75 bits per heavy atom. The third-order valence-corrected chi connectivity index (χ3v) is 5.28. The van der Waals surface area contributed by atoms with Gasteiger partial charge in [-0.25, -0.2) is 0 Å². The first kappa shape index (κ1) is 15.1. The van der Waals surface area contributed by atoms with Gasteiger partial charge >= 0.3 is 0 Å². The van der Waals surface area contributed by atoms with Gasteiger partial charge in [0.15, 0.2) is 5.82 Å². The highest BCUT2D eigenvalue weighted by Gasteiger charge is 2.39. The molecule has 0 bridgehead atoms. The van der Waals surface area contributed by atoms with E-state index >= 15 is 0 Å². The van der Waals surface area contributed by atoms with E-state index in [-0.39, 0.29) is 17.7 Å². The molecule has 1 fully saturated rings. The number of hydrogen-bond donors (Lipinski definition) is 0. The highest BCUT2D eigenvalue weighted by Crippen LogP contribution is 2.38. The number of nitrogens with zero attached hydrogens (tertiary/aromatic N) is 3. The van der Waals surface area contributed by atoms with Crippen molar-refractivity contribution >= 4 is 17.2 Å². The quantitative estimate of drug-likeness (QED) is 0.733. The fourth-order valence-corrected chi connectivity index (χ4v) is 4.00. The Bertz CT molecular complexity index is 787. The molecule has 2 atom stereocenters. The highest BCUT2D eigenvalue weighted by atomic mass is 32.1. The second kappa shape index (κ2) is 6.57. The zero-order valence-electron chi connectivity index (χ0n) is 13.0. The molecule has 0 unspecified atom stereocenters. The monoisotopic (exact) mass is 339 g/mol. The molecule has 2 aromatic heterocycles. The molecule has 3 aromatic rings. The van der Waals surface area contributed by atoms with Gasteiger partial charge in [0.05, 0.1) is 6.42 Å². The zero-order chi connectivity index (χ0) is 16.4. The summed E-state index contributed by atoms with van der Waals surface area (Å²) in [6, 6.07) is 12.3. The second-order valence-electron chi connectivity index (χ2n) is 6.02. The molecule has 1 amide bonds. The van der Waals surface area contributed by atoms with E-state index in [1.54, 1.807) is 11.3 Å². The predicted octanol–water partition coefficient (Wildman–Crippen LogP) is 3.08. The van der Waals surface area contributed by atoms with Crippen molar-refractivity contribution in [2.24, 2.45) is 0 Å². The Balaban J connectivity index is 1.57. The highest BCUT2D eigenvalue weighted by molar-refractivity contribution is 7.08. The molecular weight excluding hydrogens is 322 g/mol. The Morgan fingerprint density at radius 2 is 2.04 bits per heavy atom. The van der Waals surface area contributed by atoms with Crippen LogP contribution in [-0.4, -0.2) is 34.0 Å².